The van der Waals surface area contributed by atoms with Gasteiger partial charge in [0.05, 0.1) is 22.8 Å². The number of hydrogen-bond acceptors (Lipinski definition) is 7. The van der Waals surface area contributed by atoms with Crippen LogP contribution in [0.3, 0.4) is 0 Å². The summed E-state index contributed by atoms with van der Waals surface area (Å²) in [5, 5.41) is 16.0. The lowest BCUT2D eigenvalue weighted by Gasteiger charge is -2.40. The Morgan fingerprint density at radius 1 is 0.936 bits per heavy atom. The Bertz CT molecular complexity index is 1500. The average molecular weight is 712 g/mol. The quantitative estimate of drug-likeness (QED) is 0.198. The van der Waals surface area contributed by atoms with Gasteiger partial charge in [-0.25, -0.2) is 13.2 Å². The van der Waals surface area contributed by atoms with E-state index < -0.39 is 58.1 Å². The summed E-state index contributed by atoms with van der Waals surface area (Å²) in [6, 6.07) is 10.9. The standard InChI is InChI=1S/C28H34F3N3O4S2.C2HF3O2/c1-39-23-9-11-24(12-10-23)40(37,38)17-19-15-22(33-21-6-3-7-21)8-13-25(19)34-26(35)16-32-27(36)18-4-2-5-20(14-18)28(29,30)31;3-2(4,5)1(6)7/h2,4-5,9-12,14,19,21-22,25,33H,3,6-8,13,15-17H2,1H3,(H,32,36)(H,34,35);(H,6,7)/t19-,22+,25-;/m0./s1. The van der Waals surface area contributed by atoms with E-state index in [0.717, 1.165) is 42.4 Å². The number of hydrogen-bond donors (Lipinski definition) is 4. The zero-order valence-corrected chi connectivity index (χ0v) is 26.8. The van der Waals surface area contributed by atoms with Gasteiger partial charge in [0.1, 0.15) is 0 Å². The maximum atomic E-state index is 13.3. The van der Waals surface area contributed by atoms with Crippen LogP contribution in [-0.2, 0) is 25.6 Å². The highest BCUT2D eigenvalue weighted by molar-refractivity contribution is 7.98. The van der Waals surface area contributed by atoms with Crippen molar-refractivity contribution in [2.45, 2.75) is 78.8 Å². The summed E-state index contributed by atoms with van der Waals surface area (Å²) in [7, 11) is -3.62. The molecule has 17 heteroatoms. The molecule has 3 atom stereocenters. The molecule has 2 aromatic rings. The molecule has 2 aliphatic rings. The zero-order chi connectivity index (χ0) is 35.0. The highest BCUT2D eigenvalue weighted by Gasteiger charge is 2.38. The molecule has 4 rings (SSSR count). The Labute approximate surface area is 272 Å². The second-order valence-corrected chi connectivity index (χ2v) is 14.2. The van der Waals surface area contributed by atoms with Gasteiger partial charge < -0.3 is 21.1 Å². The van der Waals surface area contributed by atoms with Crippen molar-refractivity contribution in [1.82, 2.24) is 16.0 Å². The topological polar surface area (TPSA) is 142 Å². The van der Waals surface area contributed by atoms with Crippen LogP contribution >= 0.6 is 11.8 Å². The number of rotatable bonds is 10. The monoisotopic (exact) mass is 711 g/mol. The van der Waals surface area contributed by atoms with Gasteiger partial charge in [-0.2, -0.15) is 26.3 Å². The second-order valence-electron chi connectivity index (χ2n) is 11.3. The molecule has 260 valence electrons. The lowest BCUT2D eigenvalue weighted by molar-refractivity contribution is -0.192. The molecule has 0 aromatic heterocycles. The molecule has 2 fully saturated rings. The molecule has 0 spiro atoms. The fourth-order valence-electron chi connectivity index (χ4n) is 5.22. The summed E-state index contributed by atoms with van der Waals surface area (Å²) in [4.78, 5) is 35.3. The van der Waals surface area contributed by atoms with Crippen LogP contribution in [0.1, 0.15) is 54.4 Å². The minimum Gasteiger partial charge on any atom is -0.475 e. The largest absolute Gasteiger partial charge is 0.490 e. The third-order valence-corrected chi connectivity index (χ3v) is 10.5. The van der Waals surface area contributed by atoms with Crippen LogP contribution in [0.2, 0.25) is 0 Å². The van der Waals surface area contributed by atoms with E-state index in [4.69, 9.17) is 9.90 Å². The molecular formula is C30H35F6N3O6S2. The maximum Gasteiger partial charge on any atom is 0.490 e. The van der Waals surface area contributed by atoms with Crippen LogP contribution in [0.5, 0.6) is 0 Å². The molecule has 47 heavy (non-hydrogen) atoms. The van der Waals surface area contributed by atoms with E-state index in [1.807, 2.05) is 6.26 Å². The minimum absolute atomic E-state index is 0.129. The fraction of sp³-hybridized carbons (Fsp3) is 0.500. The first-order valence-electron chi connectivity index (χ1n) is 14.6. The lowest BCUT2D eigenvalue weighted by atomic mass is 9.81. The van der Waals surface area contributed by atoms with Crippen LogP contribution in [0.25, 0.3) is 0 Å². The highest BCUT2D eigenvalue weighted by Crippen LogP contribution is 2.31. The Morgan fingerprint density at radius 3 is 2.11 bits per heavy atom. The number of alkyl halides is 6. The van der Waals surface area contributed by atoms with Crippen molar-refractivity contribution in [2.75, 3.05) is 18.6 Å². The summed E-state index contributed by atoms with van der Waals surface area (Å²) >= 11 is 1.52. The van der Waals surface area contributed by atoms with Gasteiger partial charge >= 0.3 is 18.3 Å². The van der Waals surface area contributed by atoms with Gasteiger partial charge in [-0.3, -0.25) is 9.59 Å². The van der Waals surface area contributed by atoms with Gasteiger partial charge in [-0.1, -0.05) is 12.5 Å². The van der Waals surface area contributed by atoms with Crippen molar-refractivity contribution >= 4 is 39.4 Å². The number of amides is 2. The molecule has 4 N–H and O–H groups in total. The molecule has 0 unspecified atom stereocenters. The predicted octanol–water partition coefficient (Wildman–Crippen LogP) is 5.06. The van der Waals surface area contributed by atoms with Gasteiger partial charge in [0.2, 0.25) is 5.91 Å². The summed E-state index contributed by atoms with van der Waals surface area (Å²) < 4.78 is 97.3. The minimum atomic E-state index is -5.08. The van der Waals surface area contributed by atoms with E-state index in [9.17, 15) is 44.3 Å². The number of nitrogens with one attached hydrogen (secondary N) is 3. The van der Waals surface area contributed by atoms with Gasteiger partial charge in [0.25, 0.3) is 5.91 Å². The first kappa shape index (κ1) is 38.1. The van der Waals surface area contributed by atoms with Crippen LogP contribution in [-0.4, -0.2) is 74.2 Å². The fourth-order valence-corrected chi connectivity index (χ4v) is 7.30. The zero-order valence-electron chi connectivity index (χ0n) is 25.2. The highest BCUT2D eigenvalue weighted by atomic mass is 32.2. The van der Waals surface area contributed by atoms with E-state index in [-0.39, 0.29) is 28.2 Å². The molecule has 2 aliphatic carbocycles. The van der Waals surface area contributed by atoms with Crippen molar-refractivity contribution < 1.29 is 54.3 Å². The van der Waals surface area contributed by atoms with Crippen molar-refractivity contribution in [1.29, 1.82) is 0 Å². The Hall–Kier alpha value is -3.31. The summed E-state index contributed by atoms with van der Waals surface area (Å²) in [6.45, 7) is -0.440. The molecule has 0 bridgehead atoms. The summed E-state index contributed by atoms with van der Waals surface area (Å²) in [5.74, 6) is -4.56. The predicted molar refractivity (Wildman–Crippen MR) is 162 cm³/mol. The van der Waals surface area contributed by atoms with Crippen LogP contribution in [0.15, 0.2) is 58.3 Å². The van der Waals surface area contributed by atoms with Crippen molar-refractivity contribution in [2.24, 2.45) is 5.92 Å². The average Bonchev–Trinajstić information content (AvgIpc) is 2.98. The van der Waals surface area contributed by atoms with Gasteiger partial charge in [-0.05, 0) is 86.7 Å². The number of carboxylic acids is 1. The molecular weight excluding hydrogens is 676 g/mol. The number of sulfone groups is 1. The molecule has 2 aromatic carbocycles. The van der Waals surface area contributed by atoms with E-state index in [1.54, 1.807) is 24.3 Å². The van der Waals surface area contributed by atoms with Crippen LogP contribution in [0, 0.1) is 5.92 Å². The number of carbonyl (C=O) groups is 3. The molecule has 9 nitrogen and oxygen atoms in total. The Morgan fingerprint density at radius 2 is 1.57 bits per heavy atom. The lowest BCUT2D eigenvalue weighted by Crippen LogP contribution is -2.53. The molecule has 0 heterocycles. The smallest absolute Gasteiger partial charge is 0.475 e. The first-order valence-corrected chi connectivity index (χ1v) is 17.4. The number of aliphatic carboxylic acids is 1. The van der Waals surface area contributed by atoms with E-state index >= 15 is 0 Å². The summed E-state index contributed by atoms with van der Waals surface area (Å²) in [6.07, 6.45) is -2.44. The van der Waals surface area contributed by atoms with Crippen LogP contribution in [0.4, 0.5) is 26.3 Å². The number of thioether (sulfide) groups is 1. The van der Waals surface area contributed by atoms with Crippen molar-refractivity contribution in [3.63, 3.8) is 0 Å². The number of carboxylic acid groups (broad SMARTS) is 1. The van der Waals surface area contributed by atoms with Gasteiger partial charge in [-0.15, -0.1) is 11.8 Å². The molecule has 0 saturated heterocycles. The normalized spacial score (nSPS) is 20.3. The van der Waals surface area contributed by atoms with Crippen LogP contribution < -0.4 is 16.0 Å². The SMILES string of the molecule is CSc1ccc(S(=O)(=O)C[C@@H]2C[C@H](NC3CCC3)CC[C@@H]2NC(=O)CNC(=O)c2cccc(C(F)(F)F)c2)cc1.O=C(O)C(F)(F)F. The third-order valence-electron chi connectivity index (χ3n) is 7.86. The van der Waals surface area contributed by atoms with E-state index in [2.05, 4.69) is 16.0 Å². The van der Waals surface area contributed by atoms with E-state index in [0.29, 0.717) is 18.9 Å². The Balaban J connectivity index is 0.000000771. The Kier molecular flexibility index (Phi) is 13.1. The number of carbonyl (C=O) groups excluding carboxylic acids is 2. The molecule has 0 radical (unpaired) electrons. The van der Waals surface area contributed by atoms with Crippen molar-refractivity contribution in [3.05, 3.63) is 59.7 Å². The third kappa shape index (κ3) is 11.7. The van der Waals surface area contributed by atoms with Gasteiger partial charge in [0.15, 0.2) is 9.84 Å². The first-order chi connectivity index (χ1) is 21.9. The second kappa shape index (κ2) is 16.2. The molecule has 2 amide bonds. The maximum absolute atomic E-state index is 13.3. The van der Waals surface area contributed by atoms with E-state index in [1.165, 1.54) is 24.2 Å². The molecule has 0 aliphatic heterocycles. The summed E-state index contributed by atoms with van der Waals surface area (Å²) in [5.41, 5.74) is -1.16. The number of benzene rings is 2. The van der Waals surface area contributed by atoms with Crippen molar-refractivity contribution in [3.8, 4) is 0 Å². The number of halogens is 6. The molecule has 2 saturated carbocycles. The van der Waals surface area contributed by atoms with Gasteiger partial charge in [0, 0.05) is 28.6 Å².